The predicted octanol–water partition coefficient (Wildman–Crippen LogP) is 5.14. The van der Waals surface area contributed by atoms with Crippen molar-refractivity contribution in [3.8, 4) is 17.0 Å². The highest BCUT2D eigenvalue weighted by Gasteiger charge is 2.14. The van der Waals surface area contributed by atoms with Gasteiger partial charge in [-0.25, -0.2) is 4.98 Å². The number of anilines is 1. The number of carbonyl (C=O) groups is 1. The first kappa shape index (κ1) is 16.7. The quantitative estimate of drug-likeness (QED) is 0.656. The Morgan fingerprint density at radius 3 is 2.54 bits per heavy atom. The number of halogens is 1. The standard InChI is InChI=1S/C18H15BrN2O2S/c1-11-16(12-7-9-13(23-2)10-8-12)20-18(24-11)21-17(22)14-5-3-4-6-15(14)19/h3-10H,1-2H3,(H,20,21,22). The van der Waals surface area contributed by atoms with Gasteiger partial charge in [-0.05, 0) is 59.3 Å². The molecule has 0 saturated carbocycles. The fourth-order valence-corrected chi connectivity index (χ4v) is 3.57. The molecular formula is C18H15BrN2O2S. The van der Waals surface area contributed by atoms with Crippen LogP contribution in [0.4, 0.5) is 5.13 Å². The summed E-state index contributed by atoms with van der Waals surface area (Å²) in [4.78, 5) is 18.0. The molecule has 3 rings (SSSR count). The third-order valence-electron chi connectivity index (χ3n) is 3.50. The van der Waals surface area contributed by atoms with E-state index < -0.39 is 0 Å². The van der Waals surface area contributed by atoms with Crippen LogP contribution in [0.1, 0.15) is 15.2 Å². The van der Waals surface area contributed by atoms with Crippen molar-refractivity contribution in [3.05, 3.63) is 63.4 Å². The maximum atomic E-state index is 12.4. The van der Waals surface area contributed by atoms with E-state index in [2.05, 4.69) is 26.2 Å². The van der Waals surface area contributed by atoms with E-state index >= 15 is 0 Å². The van der Waals surface area contributed by atoms with Crippen molar-refractivity contribution in [2.75, 3.05) is 12.4 Å². The monoisotopic (exact) mass is 402 g/mol. The van der Waals surface area contributed by atoms with E-state index in [9.17, 15) is 4.79 Å². The minimum Gasteiger partial charge on any atom is -0.497 e. The first-order valence-corrected chi connectivity index (χ1v) is 8.87. The average molecular weight is 403 g/mol. The minimum absolute atomic E-state index is 0.183. The van der Waals surface area contributed by atoms with Gasteiger partial charge in [0, 0.05) is 14.9 Å². The van der Waals surface area contributed by atoms with E-state index in [0.29, 0.717) is 10.7 Å². The van der Waals surface area contributed by atoms with Crippen molar-refractivity contribution in [1.29, 1.82) is 0 Å². The molecule has 0 aliphatic carbocycles. The van der Waals surface area contributed by atoms with E-state index in [-0.39, 0.29) is 5.91 Å². The number of thiazole rings is 1. The molecule has 6 heteroatoms. The molecule has 1 amide bonds. The fourth-order valence-electron chi connectivity index (χ4n) is 2.28. The van der Waals surface area contributed by atoms with E-state index in [1.807, 2.05) is 49.4 Å². The molecule has 0 aliphatic rings. The Hall–Kier alpha value is -2.18. The second-order valence-electron chi connectivity index (χ2n) is 5.09. The van der Waals surface area contributed by atoms with Gasteiger partial charge < -0.3 is 4.74 Å². The summed E-state index contributed by atoms with van der Waals surface area (Å²) in [7, 11) is 1.64. The smallest absolute Gasteiger partial charge is 0.258 e. The summed E-state index contributed by atoms with van der Waals surface area (Å²) in [6, 6.07) is 15.0. The Bertz CT molecular complexity index is 875. The topological polar surface area (TPSA) is 51.2 Å². The molecule has 1 aromatic heterocycles. The van der Waals surface area contributed by atoms with Crippen molar-refractivity contribution in [1.82, 2.24) is 4.98 Å². The summed E-state index contributed by atoms with van der Waals surface area (Å²) in [5, 5.41) is 3.45. The van der Waals surface area contributed by atoms with Gasteiger partial charge in [-0.2, -0.15) is 0 Å². The molecule has 2 aromatic carbocycles. The molecule has 0 bridgehead atoms. The number of carbonyl (C=O) groups excluding carboxylic acids is 1. The number of nitrogens with one attached hydrogen (secondary N) is 1. The Morgan fingerprint density at radius 1 is 1.17 bits per heavy atom. The van der Waals surface area contributed by atoms with Crippen molar-refractivity contribution in [2.45, 2.75) is 6.92 Å². The molecule has 1 heterocycles. The Morgan fingerprint density at radius 2 is 1.88 bits per heavy atom. The molecular weight excluding hydrogens is 388 g/mol. The van der Waals surface area contributed by atoms with Crippen molar-refractivity contribution in [3.63, 3.8) is 0 Å². The zero-order valence-electron chi connectivity index (χ0n) is 13.2. The van der Waals surface area contributed by atoms with Gasteiger partial charge in [-0.3, -0.25) is 10.1 Å². The molecule has 0 saturated heterocycles. The number of methoxy groups -OCH3 is 1. The van der Waals surface area contributed by atoms with Crippen LogP contribution in [0.5, 0.6) is 5.75 Å². The number of benzene rings is 2. The van der Waals surface area contributed by atoms with Gasteiger partial charge in [0.25, 0.3) is 5.91 Å². The van der Waals surface area contributed by atoms with E-state index in [1.54, 1.807) is 13.2 Å². The van der Waals surface area contributed by atoms with Crippen LogP contribution in [-0.4, -0.2) is 18.0 Å². The first-order chi connectivity index (χ1) is 11.6. The molecule has 0 radical (unpaired) electrons. The number of nitrogens with zero attached hydrogens (tertiary/aromatic N) is 1. The van der Waals surface area contributed by atoms with E-state index in [4.69, 9.17) is 4.74 Å². The number of amides is 1. The Balaban J connectivity index is 1.83. The lowest BCUT2D eigenvalue weighted by Gasteiger charge is -2.03. The second kappa shape index (κ2) is 7.15. The van der Waals surface area contributed by atoms with Crippen LogP contribution < -0.4 is 10.1 Å². The van der Waals surface area contributed by atoms with Crippen LogP contribution >= 0.6 is 27.3 Å². The average Bonchev–Trinajstić information content (AvgIpc) is 2.95. The maximum absolute atomic E-state index is 12.4. The summed E-state index contributed by atoms with van der Waals surface area (Å²) in [5.41, 5.74) is 2.44. The summed E-state index contributed by atoms with van der Waals surface area (Å²) in [6.45, 7) is 1.99. The normalized spacial score (nSPS) is 10.5. The molecule has 0 atom stereocenters. The van der Waals surface area contributed by atoms with Gasteiger partial charge in [0.15, 0.2) is 5.13 Å². The highest BCUT2D eigenvalue weighted by molar-refractivity contribution is 9.10. The van der Waals surface area contributed by atoms with Crippen molar-refractivity contribution < 1.29 is 9.53 Å². The molecule has 0 aliphatic heterocycles. The minimum atomic E-state index is -0.183. The lowest BCUT2D eigenvalue weighted by Crippen LogP contribution is -2.12. The zero-order valence-corrected chi connectivity index (χ0v) is 15.6. The molecule has 1 N–H and O–H groups in total. The number of hydrogen-bond acceptors (Lipinski definition) is 4. The number of aromatic nitrogens is 1. The van der Waals surface area contributed by atoms with Crippen LogP contribution in [0.25, 0.3) is 11.3 Å². The van der Waals surface area contributed by atoms with Crippen molar-refractivity contribution >= 4 is 38.3 Å². The van der Waals surface area contributed by atoms with Crippen LogP contribution in [0.15, 0.2) is 53.0 Å². The van der Waals surface area contributed by atoms with Gasteiger partial charge in [-0.15, -0.1) is 11.3 Å². The molecule has 4 nitrogen and oxygen atoms in total. The van der Waals surface area contributed by atoms with E-state index in [1.165, 1.54) is 11.3 Å². The molecule has 3 aromatic rings. The SMILES string of the molecule is COc1ccc(-c2nc(NC(=O)c3ccccc3Br)sc2C)cc1. The van der Waals surface area contributed by atoms with Crippen LogP contribution in [0.2, 0.25) is 0 Å². The highest BCUT2D eigenvalue weighted by atomic mass is 79.9. The number of aryl methyl sites for hydroxylation is 1. The molecule has 122 valence electrons. The Labute approximate surface area is 152 Å². The van der Waals surface area contributed by atoms with Crippen LogP contribution in [0.3, 0.4) is 0 Å². The lowest BCUT2D eigenvalue weighted by atomic mass is 10.1. The predicted molar refractivity (Wildman–Crippen MR) is 101 cm³/mol. The summed E-state index contributed by atoms with van der Waals surface area (Å²) >= 11 is 4.85. The van der Waals surface area contributed by atoms with Gasteiger partial charge in [0.05, 0.1) is 18.4 Å². The number of rotatable bonds is 4. The van der Waals surface area contributed by atoms with Gasteiger partial charge in [0.1, 0.15) is 5.75 Å². The third-order valence-corrected chi connectivity index (χ3v) is 5.08. The van der Waals surface area contributed by atoms with Crippen LogP contribution in [0, 0.1) is 6.92 Å². The Kier molecular flexibility index (Phi) is 4.97. The van der Waals surface area contributed by atoms with Crippen LogP contribution in [-0.2, 0) is 0 Å². The summed E-state index contributed by atoms with van der Waals surface area (Å²) in [6.07, 6.45) is 0. The molecule has 0 fully saturated rings. The third kappa shape index (κ3) is 3.49. The molecule has 0 spiro atoms. The highest BCUT2D eigenvalue weighted by Crippen LogP contribution is 2.31. The zero-order chi connectivity index (χ0) is 17.1. The molecule has 0 unspecified atom stereocenters. The second-order valence-corrected chi connectivity index (χ2v) is 7.14. The van der Waals surface area contributed by atoms with Crippen molar-refractivity contribution in [2.24, 2.45) is 0 Å². The number of hydrogen-bond donors (Lipinski definition) is 1. The first-order valence-electron chi connectivity index (χ1n) is 7.26. The summed E-state index contributed by atoms with van der Waals surface area (Å²) < 4.78 is 5.93. The van der Waals surface area contributed by atoms with Gasteiger partial charge in [-0.1, -0.05) is 12.1 Å². The summed E-state index contributed by atoms with van der Waals surface area (Å²) in [5.74, 6) is 0.617. The largest absolute Gasteiger partial charge is 0.497 e. The van der Waals surface area contributed by atoms with E-state index in [0.717, 1.165) is 26.4 Å². The fraction of sp³-hybridized carbons (Fsp3) is 0.111. The number of ether oxygens (including phenoxy) is 1. The lowest BCUT2D eigenvalue weighted by molar-refractivity contribution is 0.102. The maximum Gasteiger partial charge on any atom is 0.258 e. The molecule has 24 heavy (non-hydrogen) atoms. The van der Waals surface area contributed by atoms with Gasteiger partial charge in [0.2, 0.25) is 0 Å². The van der Waals surface area contributed by atoms with Gasteiger partial charge >= 0.3 is 0 Å².